The molecule has 1 aromatic rings. The van der Waals surface area contributed by atoms with E-state index in [0.717, 1.165) is 5.56 Å². The molecule has 0 amide bonds. The van der Waals surface area contributed by atoms with E-state index in [4.69, 9.17) is 0 Å². The minimum Gasteiger partial charge on any atom is -0.207 e. The van der Waals surface area contributed by atoms with Crippen LogP contribution in [0, 0.1) is 5.41 Å². The summed E-state index contributed by atoms with van der Waals surface area (Å²) in [4.78, 5) is 0.165. The van der Waals surface area contributed by atoms with Crippen molar-refractivity contribution in [1.82, 2.24) is 4.31 Å². The average Bonchev–Trinajstić information content (AvgIpc) is 2.79. The van der Waals surface area contributed by atoms with E-state index in [1.165, 1.54) is 11.2 Å². The smallest absolute Gasteiger partial charge is 0.207 e. The molecule has 26 heavy (non-hydrogen) atoms. The Kier molecular flexibility index (Phi) is 4.51. The Hall–Kier alpha value is -1.08. The van der Waals surface area contributed by atoms with Crippen LogP contribution in [0.3, 0.4) is 0 Å². The van der Waals surface area contributed by atoms with Crippen molar-refractivity contribution in [3.8, 4) is 0 Å². The van der Waals surface area contributed by atoms with Gasteiger partial charge in [0.2, 0.25) is 10.0 Å². The van der Waals surface area contributed by atoms with Crippen molar-refractivity contribution in [2.24, 2.45) is 5.41 Å². The standard InChI is InChI=1S/C19H26F3NO2S/c1-17(2,3)13-5-9-16(10-6-13)26(24,25)23-14-7-8-15(23)12-18(4,11-14)19(20,21)22/h5-6,9-10,14-15H,7-8,11-12H2,1-4H3. The first kappa shape index (κ1) is 19.7. The van der Waals surface area contributed by atoms with Crippen LogP contribution >= 0.6 is 0 Å². The highest BCUT2D eigenvalue weighted by Crippen LogP contribution is 2.54. The summed E-state index contributed by atoms with van der Waals surface area (Å²) >= 11 is 0. The van der Waals surface area contributed by atoms with Gasteiger partial charge in [0, 0.05) is 12.1 Å². The van der Waals surface area contributed by atoms with Gasteiger partial charge >= 0.3 is 6.18 Å². The van der Waals surface area contributed by atoms with Crippen molar-refractivity contribution in [2.45, 2.75) is 81.9 Å². The molecule has 2 atom stereocenters. The van der Waals surface area contributed by atoms with Gasteiger partial charge in [-0.3, -0.25) is 0 Å². The molecule has 2 heterocycles. The Balaban J connectivity index is 1.90. The van der Waals surface area contributed by atoms with Crippen LogP contribution in [0.25, 0.3) is 0 Å². The topological polar surface area (TPSA) is 37.4 Å². The molecule has 0 aromatic heterocycles. The minimum absolute atomic E-state index is 0.0963. The second-order valence-electron chi connectivity index (χ2n) is 8.96. The van der Waals surface area contributed by atoms with Gasteiger partial charge in [0.25, 0.3) is 0 Å². The fraction of sp³-hybridized carbons (Fsp3) is 0.684. The summed E-state index contributed by atoms with van der Waals surface area (Å²) < 4.78 is 67.9. The van der Waals surface area contributed by atoms with Crippen LogP contribution in [-0.4, -0.2) is 31.0 Å². The second-order valence-corrected chi connectivity index (χ2v) is 10.8. The van der Waals surface area contributed by atoms with Gasteiger partial charge in [0.1, 0.15) is 0 Å². The molecule has 0 N–H and O–H groups in total. The Morgan fingerprint density at radius 3 is 1.85 bits per heavy atom. The number of benzene rings is 1. The first-order valence-corrected chi connectivity index (χ1v) is 10.4. The number of fused-ring (bicyclic) bond motifs is 2. The normalized spacial score (nSPS) is 30.6. The van der Waals surface area contributed by atoms with E-state index in [0.29, 0.717) is 12.8 Å². The molecule has 0 aliphatic carbocycles. The molecule has 2 saturated heterocycles. The van der Waals surface area contributed by atoms with Gasteiger partial charge in [-0.15, -0.1) is 0 Å². The van der Waals surface area contributed by atoms with Gasteiger partial charge < -0.3 is 0 Å². The number of rotatable bonds is 2. The number of sulfonamides is 1. The highest BCUT2D eigenvalue weighted by atomic mass is 32.2. The summed E-state index contributed by atoms with van der Waals surface area (Å²) in [5.74, 6) is 0. The number of piperidine rings is 1. The van der Waals surface area contributed by atoms with Crippen molar-refractivity contribution >= 4 is 10.0 Å². The lowest BCUT2D eigenvalue weighted by Crippen LogP contribution is -2.53. The lowest BCUT2D eigenvalue weighted by molar-refractivity contribution is -0.234. The largest absolute Gasteiger partial charge is 0.394 e. The van der Waals surface area contributed by atoms with E-state index in [-0.39, 0.29) is 23.2 Å². The molecule has 7 heteroatoms. The maximum atomic E-state index is 13.4. The van der Waals surface area contributed by atoms with Crippen molar-refractivity contribution in [1.29, 1.82) is 0 Å². The molecule has 1 aromatic carbocycles. The Morgan fingerprint density at radius 1 is 1.00 bits per heavy atom. The molecule has 146 valence electrons. The second kappa shape index (κ2) is 5.96. The minimum atomic E-state index is -4.31. The maximum Gasteiger partial charge on any atom is 0.394 e. The van der Waals surface area contributed by atoms with Crippen LogP contribution in [0.4, 0.5) is 13.2 Å². The van der Waals surface area contributed by atoms with Gasteiger partial charge in [-0.1, -0.05) is 39.8 Å². The predicted molar refractivity (Wildman–Crippen MR) is 94.4 cm³/mol. The lowest BCUT2D eigenvalue weighted by atomic mass is 9.77. The van der Waals surface area contributed by atoms with E-state index in [2.05, 4.69) is 0 Å². The first-order chi connectivity index (χ1) is 11.8. The zero-order valence-corrected chi connectivity index (χ0v) is 16.4. The molecule has 0 saturated carbocycles. The summed E-state index contributed by atoms with van der Waals surface area (Å²) in [7, 11) is -3.79. The third kappa shape index (κ3) is 3.17. The lowest BCUT2D eigenvalue weighted by Gasteiger charge is -2.44. The summed E-state index contributed by atoms with van der Waals surface area (Å²) in [5, 5.41) is 0. The van der Waals surface area contributed by atoms with Crippen molar-refractivity contribution in [3.05, 3.63) is 29.8 Å². The van der Waals surface area contributed by atoms with Crippen LogP contribution in [0.1, 0.15) is 58.9 Å². The third-order valence-corrected chi connectivity index (χ3v) is 7.92. The zero-order valence-electron chi connectivity index (χ0n) is 15.6. The van der Waals surface area contributed by atoms with E-state index >= 15 is 0 Å². The average molecular weight is 389 g/mol. The van der Waals surface area contributed by atoms with Crippen molar-refractivity contribution in [2.75, 3.05) is 0 Å². The fourth-order valence-electron chi connectivity index (χ4n) is 4.32. The Morgan fingerprint density at radius 2 is 1.46 bits per heavy atom. The summed E-state index contributed by atoms with van der Waals surface area (Å²) in [6.45, 7) is 7.35. The molecule has 3 rings (SSSR count). The number of hydrogen-bond acceptors (Lipinski definition) is 2. The molecule has 2 fully saturated rings. The molecule has 3 nitrogen and oxygen atoms in total. The first-order valence-electron chi connectivity index (χ1n) is 8.96. The Labute approximate surface area is 153 Å². The van der Waals surface area contributed by atoms with Crippen LogP contribution in [0.15, 0.2) is 29.2 Å². The van der Waals surface area contributed by atoms with E-state index in [1.807, 2.05) is 20.8 Å². The van der Waals surface area contributed by atoms with Gasteiger partial charge in [-0.25, -0.2) is 8.42 Å². The molecule has 0 spiro atoms. The van der Waals surface area contributed by atoms with Gasteiger partial charge in [-0.2, -0.15) is 17.5 Å². The molecular weight excluding hydrogens is 363 g/mol. The predicted octanol–water partition coefficient (Wildman–Crippen LogP) is 4.87. The summed E-state index contributed by atoms with van der Waals surface area (Å²) in [6, 6.07) is 5.58. The zero-order chi connectivity index (χ0) is 19.5. The van der Waals surface area contributed by atoms with Crippen LogP contribution in [0.5, 0.6) is 0 Å². The number of hydrogen-bond donors (Lipinski definition) is 0. The molecule has 2 bridgehead atoms. The van der Waals surface area contributed by atoms with Crippen molar-refractivity contribution < 1.29 is 21.6 Å². The van der Waals surface area contributed by atoms with Crippen molar-refractivity contribution in [3.63, 3.8) is 0 Å². The van der Waals surface area contributed by atoms with Crippen LogP contribution in [0.2, 0.25) is 0 Å². The molecule has 2 aliphatic rings. The van der Waals surface area contributed by atoms with E-state index in [1.54, 1.807) is 24.3 Å². The maximum absolute atomic E-state index is 13.4. The highest BCUT2D eigenvalue weighted by Gasteiger charge is 2.60. The van der Waals surface area contributed by atoms with E-state index in [9.17, 15) is 21.6 Å². The fourth-order valence-corrected chi connectivity index (χ4v) is 6.19. The van der Waals surface area contributed by atoms with Crippen LogP contribution in [-0.2, 0) is 15.4 Å². The third-order valence-electron chi connectivity index (χ3n) is 5.91. The summed E-state index contributed by atoms with van der Waals surface area (Å²) in [6.07, 6.45) is -3.64. The Bertz CT molecular complexity index is 764. The van der Waals surface area contributed by atoms with E-state index < -0.39 is 33.7 Å². The highest BCUT2D eigenvalue weighted by molar-refractivity contribution is 7.89. The molecular formula is C19H26F3NO2S. The number of halogens is 3. The molecule has 0 radical (unpaired) electrons. The SMILES string of the molecule is CC(C)(C)c1ccc(S(=O)(=O)N2C3CCC2CC(C)(C(F)(F)F)C3)cc1. The van der Waals surface area contributed by atoms with Gasteiger partial charge in [-0.05, 0) is 48.8 Å². The van der Waals surface area contributed by atoms with Crippen LogP contribution < -0.4 is 0 Å². The van der Waals surface area contributed by atoms with Gasteiger partial charge in [0.15, 0.2) is 0 Å². The number of nitrogens with zero attached hydrogens (tertiary/aromatic N) is 1. The quantitative estimate of drug-likeness (QED) is 0.724. The van der Waals surface area contributed by atoms with Gasteiger partial charge in [0.05, 0.1) is 10.3 Å². The molecule has 2 aliphatic heterocycles. The summed E-state index contributed by atoms with van der Waals surface area (Å²) in [5.41, 5.74) is -0.884. The molecule has 2 unspecified atom stereocenters. The monoisotopic (exact) mass is 389 g/mol. The number of alkyl halides is 3.